The van der Waals surface area contributed by atoms with Crippen molar-refractivity contribution in [1.29, 1.82) is 0 Å². The van der Waals surface area contributed by atoms with E-state index in [-0.39, 0.29) is 6.10 Å². The molecule has 1 unspecified atom stereocenters. The van der Waals surface area contributed by atoms with Crippen LogP contribution in [0.25, 0.3) is 0 Å². The molecule has 28 heavy (non-hydrogen) atoms. The third-order valence-electron chi connectivity index (χ3n) is 4.13. The van der Waals surface area contributed by atoms with Crippen LogP contribution in [0.4, 0.5) is 0 Å². The highest BCUT2D eigenvalue weighted by Gasteiger charge is 2.09. The van der Waals surface area contributed by atoms with E-state index in [1.165, 1.54) is 11.1 Å². The molecule has 6 nitrogen and oxygen atoms in total. The number of nitrogens with zero attached hydrogens (tertiary/aromatic N) is 2. The van der Waals surface area contributed by atoms with Crippen molar-refractivity contribution in [2.45, 2.75) is 26.1 Å². The molecular weight excluding hydrogens is 352 g/mol. The van der Waals surface area contributed by atoms with Crippen LogP contribution in [-0.4, -0.2) is 51.8 Å². The van der Waals surface area contributed by atoms with E-state index < -0.39 is 0 Å². The fourth-order valence-corrected chi connectivity index (χ4v) is 2.82. The number of guanidine groups is 1. The summed E-state index contributed by atoms with van der Waals surface area (Å²) in [7, 11) is 7.56. The summed E-state index contributed by atoms with van der Waals surface area (Å²) in [6.45, 7) is 4.27. The summed E-state index contributed by atoms with van der Waals surface area (Å²) >= 11 is 0. The third kappa shape index (κ3) is 7.12. The number of benzene rings is 2. The van der Waals surface area contributed by atoms with Crippen LogP contribution in [0.5, 0.6) is 11.5 Å². The van der Waals surface area contributed by atoms with Crippen molar-refractivity contribution in [1.82, 2.24) is 15.5 Å². The van der Waals surface area contributed by atoms with E-state index >= 15 is 0 Å². The van der Waals surface area contributed by atoms with Crippen molar-refractivity contribution < 1.29 is 9.47 Å². The Bertz CT molecular complexity index is 762. The molecule has 1 atom stereocenters. The molecule has 0 radical (unpaired) electrons. The first kappa shape index (κ1) is 21.6. The van der Waals surface area contributed by atoms with Crippen molar-refractivity contribution >= 4 is 5.96 Å². The Balaban J connectivity index is 1.82. The lowest BCUT2D eigenvalue weighted by Crippen LogP contribution is -2.41. The van der Waals surface area contributed by atoms with Gasteiger partial charge >= 0.3 is 0 Å². The van der Waals surface area contributed by atoms with E-state index in [2.05, 4.69) is 58.9 Å². The lowest BCUT2D eigenvalue weighted by atomic mass is 10.1. The van der Waals surface area contributed by atoms with Gasteiger partial charge in [-0.25, -0.2) is 0 Å². The summed E-state index contributed by atoms with van der Waals surface area (Å²) in [6.07, 6.45) is -0.0433. The molecule has 0 saturated carbocycles. The number of hydrogen-bond acceptors (Lipinski definition) is 4. The fraction of sp³-hybridized carbons (Fsp3) is 0.409. The number of aliphatic imine (C=N–C) groups is 1. The Morgan fingerprint density at radius 1 is 1.04 bits per heavy atom. The van der Waals surface area contributed by atoms with E-state index in [4.69, 9.17) is 9.47 Å². The van der Waals surface area contributed by atoms with E-state index in [9.17, 15) is 0 Å². The second-order valence-electron chi connectivity index (χ2n) is 6.94. The van der Waals surface area contributed by atoms with Crippen LogP contribution in [-0.2, 0) is 13.1 Å². The minimum Gasteiger partial charge on any atom is -0.493 e. The van der Waals surface area contributed by atoms with Crippen LogP contribution in [0, 0.1) is 0 Å². The number of rotatable bonds is 9. The maximum atomic E-state index is 5.97. The normalized spacial score (nSPS) is 12.6. The molecule has 152 valence electrons. The van der Waals surface area contributed by atoms with Gasteiger partial charge in [-0.3, -0.25) is 4.99 Å². The van der Waals surface area contributed by atoms with Gasteiger partial charge < -0.3 is 25.0 Å². The quantitative estimate of drug-likeness (QED) is 0.514. The molecule has 0 amide bonds. The molecule has 6 heteroatoms. The smallest absolute Gasteiger partial charge is 0.191 e. The van der Waals surface area contributed by atoms with Gasteiger partial charge in [0.05, 0.1) is 13.7 Å². The Labute approximate surface area is 168 Å². The maximum Gasteiger partial charge on any atom is 0.191 e. The van der Waals surface area contributed by atoms with Crippen molar-refractivity contribution in [3.63, 3.8) is 0 Å². The second-order valence-corrected chi connectivity index (χ2v) is 6.94. The summed E-state index contributed by atoms with van der Waals surface area (Å²) in [5, 5.41) is 6.66. The van der Waals surface area contributed by atoms with E-state index in [1.807, 2.05) is 31.2 Å². The van der Waals surface area contributed by atoms with Gasteiger partial charge in [-0.15, -0.1) is 0 Å². The molecule has 0 aliphatic rings. The molecule has 2 N–H and O–H groups in total. The van der Waals surface area contributed by atoms with Crippen LogP contribution in [0.15, 0.2) is 53.5 Å². The molecule has 2 aromatic rings. The summed E-state index contributed by atoms with van der Waals surface area (Å²) in [5.74, 6) is 2.21. The molecule has 0 aromatic heterocycles. The van der Waals surface area contributed by atoms with Crippen molar-refractivity contribution in [3.8, 4) is 11.5 Å². The SMILES string of the molecule is CN=C(NCc1cccc(CN(C)C)c1)NCC(C)Oc1ccccc1OC. The first-order chi connectivity index (χ1) is 13.5. The van der Waals surface area contributed by atoms with Gasteiger partial charge in [0.1, 0.15) is 6.10 Å². The van der Waals surface area contributed by atoms with Gasteiger partial charge in [-0.1, -0.05) is 36.4 Å². The van der Waals surface area contributed by atoms with E-state index in [0.717, 1.165) is 24.0 Å². The lowest BCUT2D eigenvalue weighted by molar-refractivity contribution is 0.213. The number of hydrogen-bond donors (Lipinski definition) is 2. The Hall–Kier alpha value is -2.73. The highest BCUT2D eigenvalue weighted by atomic mass is 16.5. The van der Waals surface area contributed by atoms with Gasteiger partial charge in [0.25, 0.3) is 0 Å². The molecule has 2 aromatic carbocycles. The highest BCUT2D eigenvalue weighted by Crippen LogP contribution is 2.26. The first-order valence-electron chi connectivity index (χ1n) is 9.48. The average Bonchev–Trinajstić information content (AvgIpc) is 2.68. The zero-order valence-electron chi connectivity index (χ0n) is 17.5. The number of nitrogens with one attached hydrogen (secondary N) is 2. The van der Waals surface area contributed by atoms with Crippen LogP contribution in [0.2, 0.25) is 0 Å². The van der Waals surface area contributed by atoms with Crippen LogP contribution >= 0.6 is 0 Å². The molecule has 0 spiro atoms. The summed E-state index contributed by atoms with van der Waals surface area (Å²) < 4.78 is 11.3. The number of para-hydroxylation sites is 2. The molecule has 0 fully saturated rings. The van der Waals surface area contributed by atoms with Crippen LogP contribution < -0.4 is 20.1 Å². The number of ether oxygens (including phenoxy) is 2. The Morgan fingerprint density at radius 3 is 2.43 bits per heavy atom. The van der Waals surface area contributed by atoms with E-state index in [1.54, 1.807) is 14.2 Å². The van der Waals surface area contributed by atoms with Crippen molar-refractivity contribution in [3.05, 3.63) is 59.7 Å². The maximum absolute atomic E-state index is 5.97. The highest BCUT2D eigenvalue weighted by molar-refractivity contribution is 5.79. The predicted molar refractivity (Wildman–Crippen MR) is 115 cm³/mol. The average molecular weight is 385 g/mol. The molecule has 2 rings (SSSR count). The molecule has 0 aliphatic heterocycles. The van der Waals surface area contributed by atoms with Gasteiger partial charge in [0.2, 0.25) is 0 Å². The Morgan fingerprint density at radius 2 is 1.75 bits per heavy atom. The second kappa shape index (κ2) is 11.2. The monoisotopic (exact) mass is 384 g/mol. The fourth-order valence-electron chi connectivity index (χ4n) is 2.82. The Kier molecular flexibility index (Phi) is 8.62. The predicted octanol–water partition coefficient (Wildman–Crippen LogP) is 2.89. The van der Waals surface area contributed by atoms with Gasteiger partial charge in [-0.05, 0) is 44.3 Å². The molecular formula is C22H32N4O2. The third-order valence-corrected chi connectivity index (χ3v) is 4.13. The topological polar surface area (TPSA) is 58.1 Å². The molecule has 0 bridgehead atoms. The zero-order valence-corrected chi connectivity index (χ0v) is 17.5. The summed E-state index contributed by atoms with van der Waals surface area (Å²) in [6, 6.07) is 16.2. The first-order valence-corrected chi connectivity index (χ1v) is 9.48. The van der Waals surface area contributed by atoms with Gasteiger partial charge in [0, 0.05) is 20.1 Å². The molecule has 0 aliphatic carbocycles. The minimum absolute atomic E-state index is 0.0433. The van der Waals surface area contributed by atoms with Crippen molar-refractivity contribution in [2.75, 3.05) is 34.8 Å². The number of methoxy groups -OCH3 is 1. The van der Waals surface area contributed by atoms with Crippen LogP contribution in [0.1, 0.15) is 18.1 Å². The summed E-state index contributed by atoms with van der Waals surface area (Å²) in [5.41, 5.74) is 2.52. The van der Waals surface area contributed by atoms with Gasteiger partial charge in [-0.2, -0.15) is 0 Å². The largest absolute Gasteiger partial charge is 0.493 e. The molecule has 0 heterocycles. The lowest BCUT2D eigenvalue weighted by Gasteiger charge is -2.19. The minimum atomic E-state index is -0.0433. The van der Waals surface area contributed by atoms with Crippen LogP contribution in [0.3, 0.4) is 0 Å². The standard InChI is InChI=1S/C22H32N4O2/c1-17(28-21-12-7-6-11-20(21)27-5)14-24-22(23-2)25-15-18-9-8-10-19(13-18)16-26(3)4/h6-13,17H,14-16H2,1-5H3,(H2,23,24,25). The van der Waals surface area contributed by atoms with Gasteiger partial charge in [0.15, 0.2) is 17.5 Å². The molecule has 0 saturated heterocycles. The zero-order chi connectivity index (χ0) is 20.4. The van der Waals surface area contributed by atoms with Crippen molar-refractivity contribution in [2.24, 2.45) is 4.99 Å². The van der Waals surface area contributed by atoms with E-state index in [0.29, 0.717) is 13.1 Å². The summed E-state index contributed by atoms with van der Waals surface area (Å²) in [4.78, 5) is 6.46.